The van der Waals surface area contributed by atoms with Gasteiger partial charge in [0.15, 0.2) is 0 Å². The average Bonchev–Trinajstić information content (AvgIpc) is 2.83. The lowest BCUT2D eigenvalue weighted by Crippen LogP contribution is -2.48. The van der Waals surface area contributed by atoms with Crippen molar-refractivity contribution in [3.05, 3.63) is 102 Å². The van der Waals surface area contributed by atoms with E-state index in [1.807, 2.05) is 84.9 Å². The molecule has 0 saturated heterocycles. The number of nitrogens with zero attached hydrogens (tertiary/aromatic N) is 1. The van der Waals surface area contributed by atoms with Crippen LogP contribution < -0.4 is 10.1 Å². The van der Waals surface area contributed by atoms with Crippen LogP contribution >= 0.6 is 0 Å². The van der Waals surface area contributed by atoms with Crippen molar-refractivity contribution in [3.63, 3.8) is 0 Å². The SMILES string of the molecule is COc1ccc(CN(C(=O)Cc2ccccc2)C(C)C(=O)NCCc2ccccc2)cc1. The summed E-state index contributed by atoms with van der Waals surface area (Å²) in [4.78, 5) is 27.7. The molecule has 0 radical (unpaired) electrons. The van der Waals surface area contributed by atoms with Crippen LogP contribution in [-0.2, 0) is 29.0 Å². The van der Waals surface area contributed by atoms with E-state index < -0.39 is 6.04 Å². The molecular weight excluding hydrogens is 400 g/mol. The van der Waals surface area contributed by atoms with Gasteiger partial charge >= 0.3 is 0 Å². The molecule has 0 aliphatic rings. The van der Waals surface area contributed by atoms with Crippen LogP contribution in [0.2, 0.25) is 0 Å². The first-order valence-electron chi connectivity index (χ1n) is 10.8. The summed E-state index contributed by atoms with van der Waals surface area (Å²) in [5, 5.41) is 2.98. The van der Waals surface area contributed by atoms with Gasteiger partial charge in [-0.15, -0.1) is 0 Å². The molecule has 3 aromatic rings. The summed E-state index contributed by atoms with van der Waals surface area (Å²) in [7, 11) is 1.62. The molecule has 0 aliphatic heterocycles. The van der Waals surface area contributed by atoms with Crippen LogP contribution in [0.5, 0.6) is 5.75 Å². The Morgan fingerprint density at radius 2 is 1.44 bits per heavy atom. The van der Waals surface area contributed by atoms with Gasteiger partial charge in [0.25, 0.3) is 0 Å². The summed E-state index contributed by atoms with van der Waals surface area (Å²) in [5.74, 6) is 0.510. The number of methoxy groups -OCH3 is 1. The maximum Gasteiger partial charge on any atom is 0.242 e. The number of hydrogen-bond acceptors (Lipinski definition) is 3. The maximum absolute atomic E-state index is 13.2. The second-order valence-electron chi connectivity index (χ2n) is 7.73. The number of amides is 2. The first-order valence-corrected chi connectivity index (χ1v) is 10.8. The maximum atomic E-state index is 13.2. The molecule has 32 heavy (non-hydrogen) atoms. The van der Waals surface area contributed by atoms with Gasteiger partial charge in [0.05, 0.1) is 13.5 Å². The molecule has 0 fully saturated rings. The predicted molar refractivity (Wildman–Crippen MR) is 126 cm³/mol. The smallest absolute Gasteiger partial charge is 0.242 e. The molecule has 5 nitrogen and oxygen atoms in total. The number of nitrogens with one attached hydrogen (secondary N) is 1. The van der Waals surface area contributed by atoms with Gasteiger partial charge in [-0.3, -0.25) is 9.59 Å². The van der Waals surface area contributed by atoms with Crippen LogP contribution in [0.1, 0.15) is 23.6 Å². The van der Waals surface area contributed by atoms with Crippen LogP contribution in [0, 0.1) is 0 Å². The van der Waals surface area contributed by atoms with Crippen molar-refractivity contribution in [2.45, 2.75) is 32.4 Å². The standard InChI is InChI=1S/C27H30N2O3/c1-21(27(31)28-18-17-22-9-5-3-6-10-22)29(20-24-13-15-25(32-2)16-14-24)26(30)19-23-11-7-4-8-12-23/h3-16,21H,17-20H2,1-2H3,(H,28,31). The third-order valence-corrected chi connectivity index (χ3v) is 5.43. The van der Waals surface area contributed by atoms with Crippen LogP contribution in [0.4, 0.5) is 0 Å². The molecule has 1 unspecified atom stereocenters. The van der Waals surface area contributed by atoms with Gasteiger partial charge in [0, 0.05) is 13.1 Å². The minimum Gasteiger partial charge on any atom is -0.497 e. The minimum absolute atomic E-state index is 0.0854. The van der Waals surface area contributed by atoms with Crippen molar-refractivity contribution in [3.8, 4) is 5.75 Å². The normalized spacial score (nSPS) is 11.4. The molecule has 2 amide bonds. The average molecular weight is 431 g/mol. The zero-order valence-electron chi connectivity index (χ0n) is 18.7. The van der Waals surface area contributed by atoms with Crippen LogP contribution in [0.3, 0.4) is 0 Å². The molecule has 0 bridgehead atoms. The van der Waals surface area contributed by atoms with Crippen molar-refractivity contribution in [2.75, 3.05) is 13.7 Å². The summed E-state index contributed by atoms with van der Waals surface area (Å²) < 4.78 is 5.22. The van der Waals surface area contributed by atoms with Gasteiger partial charge in [-0.05, 0) is 42.2 Å². The summed E-state index contributed by atoms with van der Waals surface area (Å²) in [6.07, 6.45) is 0.994. The minimum atomic E-state index is -0.593. The Kier molecular flexibility index (Phi) is 8.44. The lowest BCUT2D eigenvalue weighted by atomic mass is 10.1. The highest BCUT2D eigenvalue weighted by atomic mass is 16.5. The molecule has 3 rings (SSSR count). The summed E-state index contributed by atoms with van der Waals surface area (Å²) in [6, 6.07) is 26.6. The number of rotatable bonds is 10. The lowest BCUT2D eigenvalue weighted by molar-refractivity contribution is -0.140. The third-order valence-electron chi connectivity index (χ3n) is 5.43. The number of ether oxygens (including phenoxy) is 1. The Balaban J connectivity index is 1.68. The molecule has 0 aromatic heterocycles. The zero-order chi connectivity index (χ0) is 22.8. The van der Waals surface area contributed by atoms with Crippen molar-refractivity contribution >= 4 is 11.8 Å². The highest BCUT2D eigenvalue weighted by Gasteiger charge is 2.26. The van der Waals surface area contributed by atoms with Crippen molar-refractivity contribution < 1.29 is 14.3 Å². The molecule has 0 heterocycles. The quantitative estimate of drug-likeness (QED) is 0.529. The van der Waals surface area contributed by atoms with Crippen molar-refractivity contribution in [1.29, 1.82) is 0 Å². The second kappa shape index (κ2) is 11.7. The van der Waals surface area contributed by atoms with Crippen LogP contribution in [0.15, 0.2) is 84.9 Å². The van der Waals surface area contributed by atoms with Crippen LogP contribution in [-0.4, -0.2) is 36.4 Å². The fraction of sp³-hybridized carbons (Fsp3) is 0.259. The zero-order valence-corrected chi connectivity index (χ0v) is 18.7. The van der Waals surface area contributed by atoms with E-state index in [9.17, 15) is 9.59 Å². The Morgan fingerprint density at radius 1 is 0.844 bits per heavy atom. The molecule has 1 atom stereocenters. The van der Waals surface area contributed by atoms with E-state index in [-0.39, 0.29) is 18.2 Å². The highest BCUT2D eigenvalue weighted by molar-refractivity contribution is 5.88. The predicted octanol–water partition coefficient (Wildman–Crippen LogP) is 4.01. The Bertz CT molecular complexity index is 988. The van der Waals surface area contributed by atoms with E-state index in [1.165, 1.54) is 0 Å². The van der Waals surface area contributed by atoms with Crippen molar-refractivity contribution in [1.82, 2.24) is 10.2 Å². The Morgan fingerprint density at radius 3 is 2.03 bits per heavy atom. The number of hydrogen-bond donors (Lipinski definition) is 1. The molecule has 0 spiro atoms. The molecule has 0 aliphatic carbocycles. The van der Waals surface area contributed by atoms with Gasteiger partial charge in [-0.1, -0.05) is 72.8 Å². The molecule has 1 N–H and O–H groups in total. The van der Waals surface area contributed by atoms with E-state index in [0.717, 1.165) is 28.9 Å². The third kappa shape index (κ3) is 6.71. The fourth-order valence-corrected chi connectivity index (χ4v) is 3.50. The van der Waals surface area contributed by atoms with E-state index in [4.69, 9.17) is 4.74 Å². The van der Waals surface area contributed by atoms with Gasteiger partial charge in [-0.25, -0.2) is 0 Å². The topological polar surface area (TPSA) is 58.6 Å². The molecule has 3 aromatic carbocycles. The lowest BCUT2D eigenvalue weighted by Gasteiger charge is -2.29. The monoisotopic (exact) mass is 430 g/mol. The molecule has 0 saturated carbocycles. The van der Waals surface area contributed by atoms with Gasteiger partial charge in [-0.2, -0.15) is 0 Å². The summed E-state index contributed by atoms with van der Waals surface area (Å²) >= 11 is 0. The highest BCUT2D eigenvalue weighted by Crippen LogP contribution is 2.16. The number of carbonyl (C=O) groups is 2. The first kappa shape index (κ1) is 23.1. The van der Waals surface area contributed by atoms with E-state index in [1.54, 1.807) is 18.9 Å². The molecule has 166 valence electrons. The first-order chi connectivity index (χ1) is 15.6. The second-order valence-corrected chi connectivity index (χ2v) is 7.73. The van der Waals surface area contributed by atoms with E-state index in [2.05, 4.69) is 5.32 Å². The fourth-order valence-electron chi connectivity index (χ4n) is 3.50. The van der Waals surface area contributed by atoms with Gasteiger partial charge in [0.2, 0.25) is 11.8 Å². The largest absolute Gasteiger partial charge is 0.497 e. The van der Waals surface area contributed by atoms with Crippen molar-refractivity contribution in [2.24, 2.45) is 0 Å². The van der Waals surface area contributed by atoms with E-state index >= 15 is 0 Å². The van der Waals surface area contributed by atoms with Gasteiger partial charge in [0.1, 0.15) is 11.8 Å². The molecule has 5 heteroatoms. The number of carbonyl (C=O) groups excluding carboxylic acids is 2. The summed E-state index contributed by atoms with van der Waals surface area (Å²) in [6.45, 7) is 2.66. The number of benzene rings is 3. The Hall–Kier alpha value is -3.60. The van der Waals surface area contributed by atoms with E-state index in [0.29, 0.717) is 13.1 Å². The van der Waals surface area contributed by atoms with Crippen LogP contribution in [0.25, 0.3) is 0 Å². The molecular formula is C27H30N2O3. The Labute approximate surface area is 190 Å². The summed E-state index contributed by atoms with van der Waals surface area (Å²) in [5.41, 5.74) is 3.03. The van der Waals surface area contributed by atoms with Gasteiger partial charge < -0.3 is 15.0 Å².